The van der Waals surface area contributed by atoms with Gasteiger partial charge in [-0.05, 0) is 24.8 Å². The number of Topliss-reactive ketones (excluding diaryl/α,β-unsaturated/α-hetero) is 1. The molecule has 1 aromatic carbocycles. The van der Waals surface area contributed by atoms with Gasteiger partial charge in [-0.15, -0.1) is 0 Å². The van der Waals surface area contributed by atoms with Crippen LogP contribution in [-0.4, -0.2) is 52.4 Å². The molecule has 0 aliphatic carbocycles. The normalized spacial score (nSPS) is 17.0. The number of likely N-dealkylation sites (tertiary alicyclic amines) is 1. The van der Waals surface area contributed by atoms with E-state index in [1.54, 1.807) is 6.92 Å². The van der Waals surface area contributed by atoms with Gasteiger partial charge in [0.2, 0.25) is 5.91 Å². The molecule has 2 atom stereocenters. The molecule has 8 nitrogen and oxygen atoms in total. The number of hydrogen-bond acceptors (Lipinski definition) is 5. The summed E-state index contributed by atoms with van der Waals surface area (Å²) >= 11 is 0. The number of carboxylic acid groups (broad SMARTS) is 1. The van der Waals surface area contributed by atoms with Gasteiger partial charge in [0, 0.05) is 19.4 Å². The molecule has 0 saturated carbocycles. The van der Waals surface area contributed by atoms with Crippen molar-refractivity contribution in [3.8, 4) is 0 Å². The lowest BCUT2D eigenvalue weighted by Gasteiger charge is -2.25. The Labute approximate surface area is 163 Å². The van der Waals surface area contributed by atoms with Gasteiger partial charge in [0.05, 0.1) is 0 Å². The fourth-order valence-corrected chi connectivity index (χ4v) is 3.07. The van der Waals surface area contributed by atoms with Crippen molar-refractivity contribution >= 4 is 23.8 Å². The number of carbonyl (C=O) groups is 4. The second-order valence-corrected chi connectivity index (χ2v) is 6.72. The molecular weight excluding hydrogens is 364 g/mol. The van der Waals surface area contributed by atoms with Crippen LogP contribution in [0, 0.1) is 0 Å². The van der Waals surface area contributed by atoms with Crippen molar-refractivity contribution in [3.63, 3.8) is 0 Å². The van der Waals surface area contributed by atoms with Gasteiger partial charge in [0.25, 0.3) is 0 Å². The second kappa shape index (κ2) is 10.4. The third kappa shape index (κ3) is 6.07. The highest BCUT2D eigenvalue weighted by Crippen LogP contribution is 2.19. The molecule has 2 rings (SSSR count). The Morgan fingerprint density at radius 1 is 1.25 bits per heavy atom. The monoisotopic (exact) mass is 390 g/mol. The number of ether oxygens (including phenoxy) is 1. The topological polar surface area (TPSA) is 113 Å². The lowest BCUT2D eigenvalue weighted by Crippen LogP contribution is -2.51. The SMILES string of the molecule is CCC(=O)CC[C@@H](NC(=O)[C@H]1CCCN1C(=O)OCc1ccccc1)C(=O)O. The maximum Gasteiger partial charge on any atom is 0.410 e. The zero-order chi connectivity index (χ0) is 20.5. The Morgan fingerprint density at radius 3 is 2.61 bits per heavy atom. The Balaban J connectivity index is 1.92. The van der Waals surface area contributed by atoms with Crippen LogP contribution in [0.25, 0.3) is 0 Å². The molecule has 1 aliphatic heterocycles. The lowest BCUT2D eigenvalue weighted by atomic mass is 10.1. The van der Waals surface area contributed by atoms with Gasteiger partial charge < -0.3 is 15.2 Å². The quantitative estimate of drug-likeness (QED) is 0.668. The van der Waals surface area contributed by atoms with Crippen LogP contribution in [0.4, 0.5) is 4.79 Å². The average Bonchev–Trinajstić information content (AvgIpc) is 3.19. The standard InChI is InChI=1S/C20H26N2O6/c1-2-15(23)10-11-16(19(25)26)21-18(24)17-9-6-12-22(17)20(27)28-13-14-7-4-3-5-8-14/h3-5,7-8,16-17H,2,6,9-13H2,1H3,(H,21,24)(H,25,26)/t16-,17-/m1/s1. The van der Waals surface area contributed by atoms with Crippen LogP contribution in [0.3, 0.4) is 0 Å². The van der Waals surface area contributed by atoms with Crippen molar-refractivity contribution in [1.29, 1.82) is 0 Å². The molecule has 2 amide bonds. The summed E-state index contributed by atoms with van der Waals surface area (Å²) in [6, 6.07) is 7.26. The molecule has 0 bridgehead atoms. The number of ketones is 1. The van der Waals surface area contributed by atoms with E-state index in [-0.39, 0.29) is 25.2 Å². The molecule has 1 heterocycles. The van der Waals surface area contributed by atoms with Crippen molar-refractivity contribution in [2.75, 3.05) is 6.54 Å². The largest absolute Gasteiger partial charge is 0.480 e. The predicted molar refractivity (Wildman–Crippen MR) is 100 cm³/mol. The summed E-state index contributed by atoms with van der Waals surface area (Å²) in [6.07, 6.45) is 0.899. The van der Waals surface area contributed by atoms with Crippen molar-refractivity contribution in [1.82, 2.24) is 10.2 Å². The van der Waals surface area contributed by atoms with Crippen LogP contribution < -0.4 is 5.32 Å². The molecule has 1 fully saturated rings. The van der Waals surface area contributed by atoms with E-state index in [4.69, 9.17) is 4.74 Å². The van der Waals surface area contributed by atoms with Crippen LogP contribution in [-0.2, 0) is 25.7 Å². The lowest BCUT2D eigenvalue weighted by molar-refractivity contribution is -0.142. The van der Waals surface area contributed by atoms with Crippen molar-refractivity contribution < 1.29 is 29.0 Å². The molecular formula is C20H26N2O6. The van der Waals surface area contributed by atoms with Crippen molar-refractivity contribution in [2.45, 2.75) is 57.7 Å². The van der Waals surface area contributed by atoms with E-state index < -0.39 is 30.1 Å². The Bertz CT molecular complexity index is 706. The molecule has 1 aliphatic rings. The van der Waals surface area contributed by atoms with E-state index >= 15 is 0 Å². The van der Waals surface area contributed by atoms with Crippen molar-refractivity contribution in [2.24, 2.45) is 0 Å². The number of rotatable bonds is 9. The summed E-state index contributed by atoms with van der Waals surface area (Å²) in [4.78, 5) is 49.1. The van der Waals surface area contributed by atoms with E-state index in [1.165, 1.54) is 4.90 Å². The minimum Gasteiger partial charge on any atom is -0.480 e. The predicted octanol–water partition coefficient (Wildman–Crippen LogP) is 2.12. The molecule has 0 unspecified atom stereocenters. The molecule has 0 aromatic heterocycles. The number of nitrogens with zero attached hydrogens (tertiary/aromatic N) is 1. The smallest absolute Gasteiger partial charge is 0.410 e. The first-order chi connectivity index (χ1) is 13.4. The third-order valence-electron chi connectivity index (χ3n) is 4.72. The zero-order valence-corrected chi connectivity index (χ0v) is 15.9. The van der Waals surface area contributed by atoms with E-state index in [9.17, 15) is 24.3 Å². The summed E-state index contributed by atoms with van der Waals surface area (Å²) in [5.41, 5.74) is 0.836. The van der Waals surface area contributed by atoms with Crippen LogP contribution in [0.1, 0.15) is 44.6 Å². The summed E-state index contributed by atoms with van der Waals surface area (Å²) in [6.45, 7) is 2.17. The van der Waals surface area contributed by atoms with Gasteiger partial charge >= 0.3 is 12.1 Å². The molecule has 2 N–H and O–H groups in total. The Kier molecular flexibility index (Phi) is 7.98. The number of benzene rings is 1. The number of nitrogens with one attached hydrogen (secondary N) is 1. The first kappa shape index (κ1) is 21.4. The number of hydrogen-bond donors (Lipinski definition) is 2. The minimum absolute atomic E-state index is 0.0267. The Hall–Kier alpha value is -2.90. The van der Waals surface area contributed by atoms with E-state index in [1.807, 2.05) is 30.3 Å². The highest BCUT2D eigenvalue weighted by Gasteiger charge is 2.36. The van der Waals surface area contributed by atoms with Gasteiger partial charge in [0.15, 0.2) is 0 Å². The number of carbonyl (C=O) groups excluding carboxylic acids is 3. The molecule has 1 aromatic rings. The molecule has 0 radical (unpaired) electrons. The Morgan fingerprint density at radius 2 is 1.96 bits per heavy atom. The highest BCUT2D eigenvalue weighted by atomic mass is 16.6. The van der Waals surface area contributed by atoms with Crippen molar-refractivity contribution in [3.05, 3.63) is 35.9 Å². The maximum atomic E-state index is 12.6. The maximum absolute atomic E-state index is 12.6. The molecule has 8 heteroatoms. The molecule has 152 valence electrons. The molecule has 0 spiro atoms. The van der Waals surface area contributed by atoms with Gasteiger partial charge in [0.1, 0.15) is 24.5 Å². The number of amides is 2. The van der Waals surface area contributed by atoms with Gasteiger partial charge in [-0.2, -0.15) is 0 Å². The highest BCUT2D eigenvalue weighted by molar-refractivity contribution is 5.90. The second-order valence-electron chi connectivity index (χ2n) is 6.72. The third-order valence-corrected chi connectivity index (χ3v) is 4.72. The van der Waals surface area contributed by atoms with Crippen LogP contribution in [0.15, 0.2) is 30.3 Å². The van der Waals surface area contributed by atoms with Crippen LogP contribution >= 0.6 is 0 Å². The first-order valence-corrected chi connectivity index (χ1v) is 9.44. The molecule has 28 heavy (non-hydrogen) atoms. The fourth-order valence-electron chi connectivity index (χ4n) is 3.07. The number of aliphatic carboxylic acids is 1. The van der Waals surface area contributed by atoms with Crippen LogP contribution in [0.5, 0.6) is 0 Å². The van der Waals surface area contributed by atoms with Gasteiger partial charge in [-0.3, -0.25) is 14.5 Å². The van der Waals surface area contributed by atoms with E-state index in [0.717, 1.165) is 5.56 Å². The van der Waals surface area contributed by atoms with E-state index in [2.05, 4.69) is 5.32 Å². The first-order valence-electron chi connectivity index (χ1n) is 9.44. The van der Waals surface area contributed by atoms with Gasteiger partial charge in [-0.25, -0.2) is 9.59 Å². The summed E-state index contributed by atoms with van der Waals surface area (Å²) in [7, 11) is 0. The van der Waals surface area contributed by atoms with Gasteiger partial charge in [-0.1, -0.05) is 37.3 Å². The summed E-state index contributed by atoms with van der Waals surface area (Å²) < 4.78 is 5.28. The minimum atomic E-state index is -1.20. The van der Waals surface area contributed by atoms with Crippen LogP contribution in [0.2, 0.25) is 0 Å². The summed E-state index contributed by atoms with van der Waals surface area (Å²) in [5, 5.41) is 11.8. The summed E-state index contributed by atoms with van der Waals surface area (Å²) in [5.74, 6) is -1.80. The number of carboxylic acids is 1. The zero-order valence-electron chi connectivity index (χ0n) is 15.9. The fraction of sp³-hybridized carbons (Fsp3) is 0.500. The molecule has 1 saturated heterocycles. The average molecular weight is 390 g/mol. The van der Waals surface area contributed by atoms with E-state index in [0.29, 0.717) is 25.8 Å².